The molecule has 2 N–H and O–H groups in total. The number of alkyl halides is 3. The maximum Gasteiger partial charge on any atom is 0.405 e. The lowest BCUT2D eigenvalue weighted by molar-refractivity contribution is -0.183. The first-order chi connectivity index (χ1) is 12.9. The smallest absolute Gasteiger partial charge is 0.405 e. The largest absolute Gasteiger partial charge is 0.490 e. The van der Waals surface area contributed by atoms with Crippen molar-refractivity contribution in [1.29, 1.82) is 0 Å². The molecule has 2 rings (SSSR count). The van der Waals surface area contributed by atoms with Gasteiger partial charge in [-0.25, -0.2) is 0 Å². The van der Waals surface area contributed by atoms with E-state index in [1.165, 1.54) is 17.0 Å². The molecule has 1 aliphatic rings. The van der Waals surface area contributed by atoms with E-state index in [1.807, 2.05) is 6.92 Å². The summed E-state index contributed by atoms with van der Waals surface area (Å²) in [5, 5.41) is 5.43. The number of hydrogen-bond donors (Lipinski definition) is 2. The summed E-state index contributed by atoms with van der Waals surface area (Å²) in [6.45, 7) is 5.50. The topological polar surface area (TPSA) is 62.8 Å². The summed E-state index contributed by atoms with van der Waals surface area (Å²) >= 11 is 0. The second-order valence-corrected chi connectivity index (χ2v) is 6.08. The van der Waals surface area contributed by atoms with Gasteiger partial charge < -0.3 is 20.1 Å². The molecule has 0 bridgehead atoms. The van der Waals surface area contributed by atoms with Crippen molar-refractivity contribution in [3.63, 3.8) is 0 Å². The van der Waals surface area contributed by atoms with Crippen LogP contribution in [0.4, 0.5) is 13.2 Å². The van der Waals surface area contributed by atoms with E-state index in [-0.39, 0.29) is 18.7 Å². The van der Waals surface area contributed by atoms with Crippen molar-refractivity contribution in [2.75, 3.05) is 45.9 Å². The zero-order valence-electron chi connectivity index (χ0n) is 15.6. The molecule has 1 heterocycles. The number of nitrogens with zero attached hydrogens (tertiary/aromatic N) is 1. The Balaban J connectivity index is 2.07. The molecule has 1 saturated heterocycles. The Hall–Kier alpha value is -2.00. The van der Waals surface area contributed by atoms with Gasteiger partial charge in [-0.1, -0.05) is 0 Å². The number of nitrogens with one attached hydrogen (secondary N) is 2. The Bertz CT molecular complexity index is 620. The lowest BCUT2D eigenvalue weighted by Gasteiger charge is -2.35. The molecule has 1 aromatic rings. The van der Waals surface area contributed by atoms with Crippen molar-refractivity contribution in [3.8, 4) is 11.5 Å². The lowest BCUT2D eigenvalue weighted by atomic mass is 10.1. The zero-order valence-corrected chi connectivity index (χ0v) is 15.6. The van der Waals surface area contributed by atoms with Crippen LogP contribution >= 0.6 is 0 Å². The molecule has 0 radical (unpaired) electrons. The fourth-order valence-electron chi connectivity index (χ4n) is 2.93. The van der Waals surface area contributed by atoms with Crippen molar-refractivity contribution in [2.24, 2.45) is 0 Å². The number of amides is 1. The Kier molecular flexibility index (Phi) is 7.73. The van der Waals surface area contributed by atoms with Crippen molar-refractivity contribution >= 4 is 5.91 Å². The number of piperazine rings is 1. The molecule has 152 valence electrons. The molecule has 0 spiro atoms. The Morgan fingerprint density at radius 3 is 2.41 bits per heavy atom. The Morgan fingerprint density at radius 2 is 1.81 bits per heavy atom. The van der Waals surface area contributed by atoms with E-state index in [0.717, 1.165) is 0 Å². The molecule has 1 fully saturated rings. The number of halogens is 3. The predicted molar refractivity (Wildman–Crippen MR) is 95.4 cm³/mol. The molecule has 0 aromatic heterocycles. The minimum atomic E-state index is -4.42. The quantitative estimate of drug-likeness (QED) is 0.713. The van der Waals surface area contributed by atoms with Gasteiger partial charge in [0.25, 0.3) is 5.91 Å². The van der Waals surface area contributed by atoms with E-state index in [1.54, 1.807) is 13.0 Å². The fourth-order valence-corrected chi connectivity index (χ4v) is 2.93. The highest BCUT2D eigenvalue weighted by atomic mass is 19.4. The molecule has 0 saturated carbocycles. The minimum absolute atomic E-state index is 0.225. The van der Waals surface area contributed by atoms with Gasteiger partial charge >= 0.3 is 6.18 Å². The molecular weight excluding hydrogens is 363 g/mol. The molecule has 9 heteroatoms. The molecule has 27 heavy (non-hydrogen) atoms. The van der Waals surface area contributed by atoms with Gasteiger partial charge in [0.2, 0.25) is 0 Å². The van der Waals surface area contributed by atoms with Crippen LogP contribution in [0.1, 0.15) is 24.2 Å². The van der Waals surface area contributed by atoms with Crippen LogP contribution in [0.2, 0.25) is 0 Å². The van der Waals surface area contributed by atoms with Crippen LogP contribution in [0.5, 0.6) is 11.5 Å². The monoisotopic (exact) mass is 389 g/mol. The number of rotatable bonds is 8. The minimum Gasteiger partial charge on any atom is -0.490 e. The maximum absolute atomic E-state index is 13.4. The standard InChI is InChI=1S/C18H26F3N3O3/c1-3-26-14-6-5-13(11-15(14)27-4-2)17(25)23-12-16(18(19,20)21)24-9-7-22-8-10-24/h5-6,11,16,22H,3-4,7-10,12H2,1-2H3,(H,23,25). The van der Waals surface area contributed by atoms with E-state index in [0.29, 0.717) is 37.8 Å². The average molecular weight is 389 g/mol. The lowest BCUT2D eigenvalue weighted by Crippen LogP contribution is -2.57. The number of benzene rings is 1. The van der Waals surface area contributed by atoms with Gasteiger partial charge in [-0.2, -0.15) is 13.2 Å². The van der Waals surface area contributed by atoms with Gasteiger partial charge in [0.1, 0.15) is 6.04 Å². The Morgan fingerprint density at radius 1 is 1.19 bits per heavy atom. The van der Waals surface area contributed by atoms with Gasteiger partial charge in [-0.05, 0) is 32.0 Å². The summed E-state index contributed by atoms with van der Waals surface area (Å²) in [4.78, 5) is 13.7. The van der Waals surface area contributed by atoms with E-state index >= 15 is 0 Å². The third-order valence-corrected chi connectivity index (χ3v) is 4.23. The second kappa shape index (κ2) is 9.80. The normalized spacial score (nSPS) is 16.6. The third kappa shape index (κ3) is 6.00. The van der Waals surface area contributed by atoms with Gasteiger partial charge in [0.15, 0.2) is 11.5 Å². The maximum atomic E-state index is 13.4. The summed E-state index contributed by atoms with van der Waals surface area (Å²) < 4.78 is 51.1. The highest BCUT2D eigenvalue weighted by Crippen LogP contribution is 2.29. The molecule has 1 atom stereocenters. The van der Waals surface area contributed by atoms with Crippen LogP contribution in [0.15, 0.2) is 18.2 Å². The fraction of sp³-hybridized carbons (Fsp3) is 0.611. The third-order valence-electron chi connectivity index (χ3n) is 4.23. The Labute approximate surface area is 157 Å². The first-order valence-electron chi connectivity index (χ1n) is 9.06. The van der Waals surface area contributed by atoms with Crippen LogP contribution in [0.25, 0.3) is 0 Å². The highest BCUT2D eigenvalue weighted by Gasteiger charge is 2.43. The van der Waals surface area contributed by atoms with E-state index in [2.05, 4.69) is 10.6 Å². The summed E-state index contributed by atoms with van der Waals surface area (Å²) in [6.07, 6.45) is -4.42. The average Bonchev–Trinajstić information content (AvgIpc) is 2.63. The van der Waals surface area contributed by atoms with Crippen molar-refractivity contribution in [3.05, 3.63) is 23.8 Å². The summed E-state index contributed by atoms with van der Waals surface area (Å²) in [6, 6.07) is 2.87. The molecule has 1 unspecified atom stereocenters. The molecule has 1 amide bonds. The summed E-state index contributed by atoms with van der Waals surface area (Å²) in [5.41, 5.74) is 0.225. The first-order valence-corrected chi connectivity index (χ1v) is 9.06. The van der Waals surface area contributed by atoms with Crippen LogP contribution in [0, 0.1) is 0 Å². The van der Waals surface area contributed by atoms with Crippen molar-refractivity contribution in [1.82, 2.24) is 15.5 Å². The van der Waals surface area contributed by atoms with Crippen molar-refractivity contribution in [2.45, 2.75) is 26.1 Å². The van der Waals surface area contributed by atoms with Gasteiger partial charge in [-0.3, -0.25) is 9.69 Å². The van der Waals surface area contributed by atoms with E-state index < -0.39 is 24.7 Å². The number of hydrogen-bond acceptors (Lipinski definition) is 5. The van der Waals surface area contributed by atoms with Crippen LogP contribution in [-0.2, 0) is 0 Å². The van der Waals surface area contributed by atoms with E-state index in [4.69, 9.17) is 9.47 Å². The molecular formula is C18H26F3N3O3. The van der Waals surface area contributed by atoms with Gasteiger partial charge in [0, 0.05) is 38.3 Å². The number of ether oxygens (including phenoxy) is 2. The van der Waals surface area contributed by atoms with Crippen LogP contribution < -0.4 is 20.1 Å². The first kappa shape index (κ1) is 21.3. The van der Waals surface area contributed by atoms with Gasteiger partial charge in [-0.15, -0.1) is 0 Å². The predicted octanol–water partition coefficient (Wildman–Crippen LogP) is 2.05. The van der Waals surface area contributed by atoms with Crippen LogP contribution in [0.3, 0.4) is 0 Å². The number of carbonyl (C=O) groups is 1. The molecule has 1 aromatic carbocycles. The van der Waals surface area contributed by atoms with Crippen LogP contribution in [-0.4, -0.2) is 69.0 Å². The number of carbonyl (C=O) groups excluding carboxylic acids is 1. The zero-order chi connectivity index (χ0) is 19.9. The van der Waals surface area contributed by atoms with E-state index in [9.17, 15) is 18.0 Å². The molecule has 6 nitrogen and oxygen atoms in total. The molecule has 1 aliphatic heterocycles. The van der Waals surface area contributed by atoms with Crippen molar-refractivity contribution < 1.29 is 27.4 Å². The SMILES string of the molecule is CCOc1ccc(C(=O)NCC(N2CCNCC2)C(F)(F)F)cc1OCC. The second-order valence-electron chi connectivity index (χ2n) is 6.08. The summed E-state index contributed by atoms with van der Waals surface area (Å²) in [5.74, 6) is 0.301. The summed E-state index contributed by atoms with van der Waals surface area (Å²) in [7, 11) is 0. The molecule has 0 aliphatic carbocycles. The van der Waals surface area contributed by atoms with Gasteiger partial charge in [0.05, 0.1) is 13.2 Å². The highest BCUT2D eigenvalue weighted by molar-refractivity contribution is 5.94.